The highest BCUT2D eigenvalue weighted by Gasteiger charge is 2.22. The van der Waals surface area contributed by atoms with Crippen LogP contribution in [-0.2, 0) is 13.2 Å². The van der Waals surface area contributed by atoms with Crippen molar-refractivity contribution in [2.24, 2.45) is 0 Å². The maximum atomic E-state index is 11.5. The van der Waals surface area contributed by atoms with E-state index in [0.717, 1.165) is 22.4 Å². The van der Waals surface area contributed by atoms with Gasteiger partial charge in [-0.1, -0.05) is 30.3 Å². The van der Waals surface area contributed by atoms with E-state index >= 15 is 0 Å². The standard InChI is InChI=1S/C26H27N3O5/c1-33-19-10-8-17(9-11-19)16-34-24-7-3-2-6-20(24)23-13-21(22(15-30)25(27)28-23)18-5-4-12-29(14-18)26(31)32/h2-3,5-11,13,30H,4,12,14-16H2,1H3,(H2,27,28)(H,31,32). The number of nitrogen functional groups attached to an aromatic ring is 1. The molecule has 2 heterocycles. The number of nitrogens with two attached hydrogens (primary N) is 1. The van der Waals surface area contributed by atoms with Crippen molar-refractivity contribution >= 4 is 17.5 Å². The van der Waals surface area contributed by atoms with Crippen LogP contribution in [0.1, 0.15) is 23.1 Å². The van der Waals surface area contributed by atoms with Crippen molar-refractivity contribution < 1.29 is 24.5 Å². The smallest absolute Gasteiger partial charge is 0.407 e. The minimum Gasteiger partial charge on any atom is -0.497 e. The summed E-state index contributed by atoms with van der Waals surface area (Å²) in [5, 5.41) is 19.4. The third-order valence-corrected chi connectivity index (χ3v) is 5.80. The van der Waals surface area contributed by atoms with Gasteiger partial charge in [0, 0.05) is 24.2 Å². The molecular formula is C26H27N3O5. The Morgan fingerprint density at radius 2 is 1.91 bits per heavy atom. The number of para-hydroxylation sites is 1. The molecule has 1 amide bonds. The van der Waals surface area contributed by atoms with Crippen molar-refractivity contribution in [3.05, 3.63) is 77.4 Å². The Bertz CT molecular complexity index is 1210. The van der Waals surface area contributed by atoms with Crippen LogP contribution in [0.5, 0.6) is 11.5 Å². The lowest BCUT2D eigenvalue weighted by atomic mass is 9.95. The van der Waals surface area contributed by atoms with E-state index < -0.39 is 6.09 Å². The number of methoxy groups -OCH3 is 1. The molecule has 8 heteroatoms. The summed E-state index contributed by atoms with van der Waals surface area (Å²) < 4.78 is 11.3. The van der Waals surface area contributed by atoms with Gasteiger partial charge < -0.3 is 30.3 Å². The van der Waals surface area contributed by atoms with Crippen LogP contribution in [0.25, 0.3) is 16.8 Å². The number of amides is 1. The Labute approximate surface area is 197 Å². The minimum atomic E-state index is -0.976. The van der Waals surface area contributed by atoms with E-state index in [4.69, 9.17) is 15.2 Å². The second-order valence-corrected chi connectivity index (χ2v) is 7.93. The first kappa shape index (κ1) is 23.1. The van der Waals surface area contributed by atoms with Gasteiger partial charge in [-0.3, -0.25) is 0 Å². The van der Waals surface area contributed by atoms with Gasteiger partial charge in [-0.25, -0.2) is 9.78 Å². The molecule has 0 fully saturated rings. The molecule has 0 saturated carbocycles. The number of ether oxygens (including phenoxy) is 2. The summed E-state index contributed by atoms with van der Waals surface area (Å²) in [4.78, 5) is 17.4. The van der Waals surface area contributed by atoms with Crippen LogP contribution >= 0.6 is 0 Å². The summed E-state index contributed by atoms with van der Waals surface area (Å²) in [5.41, 5.74) is 10.5. The monoisotopic (exact) mass is 461 g/mol. The van der Waals surface area contributed by atoms with Gasteiger partial charge >= 0.3 is 6.09 Å². The van der Waals surface area contributed by atoms with Crippen molar-refractivity contribution in [3.8, 4) is 22.8 Å². The van der Waals surface area contributed by atoms with Gasteiger partial charge in [0.15, 0.2) is 0 Å². The number of aromatic nitrogens is 1. The summed E-state index contributed by atoms with van der Waals surface area (Å²) in [7, 11) is 1.62. The molecule has 0 unspecified atom stereocenters. The van der Waals surface area contributed by atoms with Gasteiger partial charge in [0.25, 0.3) is 0 Å². The van der Waals surface area contributed by atoms with E-state index in [1.807, 2.05) is 60.7 Å². The van der Waals surface area contributed by atoms with Crippen LogP contribution in [0.4, 0.5) is 10.6 Å². The van der Waals surface area contributed by atoms with Gasteiger partial charge in [0.1, 0.15) is 23.9 Å². The van der Waals surface area contributed by atoms with Crippen molar-refractivity contribution in [2.45, 2.75) is 19.6 Å². The average Bonchev–Trinajstić information content (AvgIpc) is 2.87. The number of aliphatic hydroxyl groups is 1. The molecule has 1 aliphatic rings. The number of benzene rings is 2. The maximum Gasteiger partial charge on any atom is 0.407 e. The van der Waals surface area contributed by atoms with E-state index in [2.05, 4.69) is 4.98 Å². The first-order valence-corrected chi connectivity index (χ1v) is 10.9. The molecule has 0 saturated heterocycles. The summed E-state index contributed by atoms with van der Waals surface area (Å²) in [5.74, 6) is 1.62. The van der Waals surface area contributed by atoms with Crippen LogP contribution < -0.4 is 15.2 Å². The first-order valence-electron chi connectivity index (χ1n) is 10.9. The number of pyridine rings is 1. The summed E-state index contributed by atoms with van der Waals surface area (Å²) in [6, 6.07) is 17.0. The second-order valence-electron chi connectivity index (χ2n) is 7.93. The van der Waals surface area contributed by atoms with Crippen molar-refractivity contribution in [3.63, 3.8) is 0 Å². The number of hydrogen-bond donors (Lipinski definition) is 3. The highest BCUT2D eigenvalue weighted by atomic mass is 16.5. The molecule has 176 valence electrons. The fraction of sp³-hybridized carbons (Fsp3) is 0.231. The maximum absolute atomic E-state index is 11.5. The fourth-order valence-electron chi connectivity index (χ4n) is 3.97. The van der Waals surface area contributed by atoms with Crippen molar-refractivity contribution in [2.75, 3.05) is 25.9 Å². The number of aliphatic hydroxyl groups excluding tert-OH is 1. The van der Waals surface area contributed by atoms with Crippen LogP contribution in [-0.4, -0.2) is 46.4 Å². The minimum absolute atomic E-state index is 0.202. The topological polar surface area (TPSA) is 118 Å². The summed E-state index contributed by atoms with van der Waals surface area (Å²) >= 11 is 0. The quantitative estimate of drug-likeness (QED) is 0.483. The summed E-state index contributed by atoms with van der Waals surface area (Å²) in [6.07, 6.45) is 1.60. The lowest BCUT2D eigenvalue weighted by molar-refractivity contribution is 0.150. The van der Waals surface area contributed by atoms with Gasteiger partial charge in [-0.05, 0) is 53.5 Å². The third-order valence-electron chi connectivity index (χ3n) is 5.80. The Morgan fingerprint density at radius 3 is 2.62 bits per heavy atom. The second kappa shape index (κ2) is 10.3. The zero-order chi connectivity index (χ0) is 24.1. The molecule has 0 bridgehead atoms. The molecule has 3 aromatic rings. The molecule has 1 aliphatic heterocycles. The molecular weight excluding hydrogens is 434 g/mol. The van der Waals surface area contributed by atoms with Crippen LogP contribution in [0.15, 0.2) is 60.7 Å². The molecule has 0 radical (unpaired) electrons. The SMILES string of the molecule is COc1ccc(COc2ccccc2-c2cc(C3=CCCN(C(=O)O)C3)c(CO)c(N)n2)cc1. The Kier molecular flexibility index (Phi) is 6.98. The van der Waals surface area contributed by atoms with E-state index in [1.54, 1.807) is 7.11 Å². The largest absolute Gasteiger partial charge is 0.497 e. The molecule has 0 spiro atoms. The molecule has 0 atom stereocenters. The molecule has 1 aromatic heterocycles. The zero-order valence-electron chi connectivity index (χ0n) is 18.9. The van der Waals surface area contributed by atoms with Gasteiger partial charge in [-0.15, -0.1) is 0 Å². The summed E-state index contributed by atoms with van der Waals surface area (Å²) in [6.45, 7) is 0.717. The van der Waals surface area contributed by atoms with E-state index in [-0.39, 0.29) is 19.0 Å². The van der Waals surface area contributed by atoms with Crippen LogP contribution in [0.3, 0.4) is 0 Å². The molecule has 34 heavy (non-hydrogen) atoms. The van der Waals surface area contributed by atoms with Crippen molar-refractivity contribution in [1.82, 2.24) is 9.88 Å². The van der Waals surface area contributed by atoms with E-state index in [1.165, 1.54) is 4.90 Å². The average molecular weight is 462 g/mol. The lowest BCUT2D eigenvalue weighted by Crippen LogP contribution is -2.34. The number of hydrogen-bond acceptors (Lipinski definition) is 6. The Morgan fingerprint density at radius 1 is 1.15 bits per heavy atom. The van der Waals surface area contributed by atoms with E-state index in [0.29, 0.717) is 42.1 Å². The zero-order valence-corrected chi connectivity index (χ0v) is 18.9. The van der Waals surface area contributed by atoms with Gasteiger partial charge in [0.2, 0.25) is 0 Å². The first-order chi connectivity index (χ1) is 16.5. The molecule has 4 rings (SSSR count). The molecule has 0 aliphatic carbocycles. The third kappa shape index (κ3) is 4.97. The lowest BCUT2D eigenvalue weighted by Gasteiger charge is -2.26. The van der Waals surface area contributed by atoms with E-state index in [9.17, 15) is 15.0 Å². The highest BCUT2D eigenvalue weighted by molar-refractivity contribution is 5.80. The fourth-order valence-corrected chi connectivity index (χ4v) is 3.97. The normalized spacial score (nSPS) is 13.4. The van der Waals surface area contributed by atoms with Crippen LogP contribution in [0, 0.1) is 0 Å². The Hall–Kier alpha value is -4.04. The van der Waals surface area contributed by atoms with Crippen LogP contribution in [0.2, 0.25) is 0 Å². The Balaban J connectivity index is 1.67. The molecule has 8 nitrogen and oxygen atoms in total. The number of carbonyl (C=O) groups is 1. The number of anilines is 1. The van der Waals surface area contributed by atoms with Gasteiger partial charge in [0.05, 0.1) is 19.4 Å². The number of nitrogens with zero attached hydrogens (tertiary/aromatic N) is 2. The molecule has 2 aromatic carbocycles. The van der Waals surface area contributed by atoms with Crippen molar-refractivity contribution in [1.29, 1.82) is 0 Å². The molecule has 4 N–H and O–H groups in total. The highest BCUT2D eigenvalue weighted by Crippen LogP contribution is 2.35. The predicted molar refractivity (Wildman–Crippen MR) is 130 cm³/mol. The predicted octanol–water partition coefficient (Wildman–Crippen LogP) is 4.18. The van der Waals surface area contributed by atoms with Gasteiger partial charge in [-0.2, -0.15) is 0 Å². The number of carboxylic acid groups (broad SMARTS) is 1. The number of rotatable bonds is 7.